The lowest BCUT2D eigenvalue weighted by atomic mass is 10.1. The average Bonchev–Trinajstić information content (AvgIpc) is 3.22. The van der Waals surface area contributed by atoms with Gasteiger partial charge in [-0.3, -0.25) is 4.79 Å². The summed E-state index contributed by atoms with van der Waals surface area (Å²) >= 11 is 0. The normalized spacial score (nSPS) is 15.9. The predicted molar refractivity (Wildman–Crippen MR) is 73.2 cm³/mol. The van der Waals surface area contributed by atoms with Gasteiger partial charge >= 0.3 is 0 Å². The minimum atomic E-state index is -0.558. The van der Waals surface area contributed by atoms with Gasteiger partial charge in [0.05, 0.1) is 12.2 Å². The summed E-state index contributed by atoms with van der Waals surface area (Å²) in [4.78, 5) is 14.2. The molecule has 1 fully saturated rings. The molecule has 1 saturated carbocycles. The van der Waals surface area contributed by atoms with Gasteiger partial charge in [-0.05, 0) is 37.8 Å². The molecule has 1 atom stereocenters. The number of hydrogen-bond acceptors (Lipinski definition) is 3. The Kier molecular flexibility index (Phi) is 4.60. The molecular weight excluding hydrogens is 261 g/mol. The second-order valence-corrected chi connectivity index (χ2v) is 5.23. The van der Waals surface area contributed by atoms with Crippen LogP contribution in [0.3, 0.4) is 0 Å². The van der Waals surface area contributed by atoms with Crippen molar-refractivity contribution in [3.8, 4) is 5.75 Å². The van der Waals surface area contributed by atoms with E-state index in [2.05, 4.69) is 0 Å². The summed E-state index contributed by atoms with van der Waals surface area (Å²) in [6, 6.07) is 3.57. The molecule has 4 nitrogen and oxygen atoms in total. The van der Waals surface area contributed by atoms with Gasteiger partial charge in [0.15, 0.2) is 0 Å². The highest BCUT2D eigenvalue weighted by Crippen LogP contribution is 2.36. The fourth-order valence-corrected chi connectivity index (χ4v) is 2.35. The number of ether oxygens (including phenoxy) is 1. The lowest BCUT2D eigenvalue weighted by Gasteiger charge is -2.29. The number of carbonyl (C=O) groups is 1. The van der Waals surface area contributed by atoms with Crippen molar-refractivity contribution in [3.63, 3.8) is 0 Å². The van der Waals surface area contributed by atoms with Gasteiger partial charge < -0.3 is 14.7 Å². The zero-order valence-electron chi connectivity index (χ0n) is 11.8. The SMILES string of the molecule is COCCN(C(=O)c1ccc(F)cc1O)C(C)C1CC1. The van der Waals surface area contributed by atoms with E-state index in [0.29, 0.717) is 19.1 Å². The van der Waals surface area contributed by atoms with Gasteiger partial charge in [-0.1, -0.05) is 0 Å². The van der Waals surface area contributed by atoms with Crippen molar-refractivity contribution in [1.82, 2.24) is 4.90 Å². The van der Waals surface area contributed by atoms with Gasteiger partial charge in [0.1, 0.15) is 11.6 Å². The third kappa shape index (κ3) is 3.28. The summed E-state index contributed by atoms with van der Waals surface area (Å²) in [5.41, 5.74) is 0.134. The molecule has 1 aromatic carbocycles. The topological polar surface area (TPSA) is 49.8 Å². The van der Waals surface area contributed by atoms with Crippen molar-refractivity contribution in [3.05, 3.63) is 29.6 Å². The first-order chi connectivity index (χ1) is 9.54. The summed E-state index contributed by atoms with van der Waals surface area (Å²) in [5.74, 6) is -0.643. The highest BCUT2D eigenvalue weighted by atomic mass is 19.1. The molecule has 20 heavy (non-hydrogen) atoms. The van der Waals surface area contributed by atoms with Gasteiger partial charge in [-0.25, -0.2) is 4.39 Å². The third-order valence-electron chi connectivity index (χ3n) is 3.78. The number of aromatic hydroxyl groups is 1. The maximum atomic E-state index is 13.0. The molecule has 5 heteroatoms. The van der Waals surface area contributed by atoms with Crippen LogP contribution in [0.2, 0.25) is 0 Å². The zero-order valence-corrected chi connectivity index (χ0v) is 11.8. The van der Waals surface area contributed by atoms with Crippen molar-refractivity contribution in [1.29, 1.82) is 0 Å². The van der Waals surface area contributed by atoms with Crippen LogP contribution in [0.15, 0.2) is 18.2 Å². The number of rotatable bonds is 6. The zero-order chi connectivity index (χ0) is 14.7. The minimum absolute atomic E-state index is 0.0992. The van der Waals surface area contributed by atoms with Crippen molar-refractivity contribution in [2.45, 2.75) is 25.8 Å². The minimum Gasteiger partial charge on any atom is -0.507 e. The van der Waals surface area contributed by atoms with Crippen LogP contribution < -0.4 is 0 Å². The largest absolute Gasteiger partial charge is 0.507 e. The first kappa shape index (κ1) is 14.8. The van der Waals surface area contributed by atoms with Crippen LogP contribution in [-0.4, -0.2) is 42.2 Å². The highest BCUT2D eigenvalue weighted by Gasteiger charge is 2.35. The molecular formula is C15H20FNO3. The fraction of sp³-hybridized carbons (Fsp3) is 0.533. The maximum Gasteiger partial charge on any atom is 0.257 e. The third-order valence-corrected chi connectivity index (χ3v) is 3.78. The molecule has 0 saturated heterocycles. The lowest BCUT2D eigenvalue weighted by molar-refractivity contribution is 0.0591. The van der Waals surface area contributed by atoms with Crippen LogP contribution in [0, 0.1) is 11.7 Å². The molecule has 1 N–H and O–H groups in total. The van der Waals surface area contributed by atoms with E-state index in [1.165, 1.54) is 12.1 Å². The first-order valence-electron chi connectivity index (χ1n) is 6.83. The lowest BCUT2D eigenvalue weighted by Crippen LogP contribution is -2.42. The summed E-state index contributed by atoms with van der Waals surface area (Å²) < 4.78 is 18.0. The van der Waals surface area contributed by atoms with Crippen molar-refractivity contribution >= 4 is 5.91 Å². The molecule has 1 unspecified atom stereocenters. The van der Waals surface area contributed by atoms with Gasteiger partial charge in [0.2, 0.25) is 0 Å². The van der Waals surface area contributed by atoms with E-state index in [-0.39, 0.29) is 23.3 Å². The Balaban J connectivity index is 2.20. The van der Waals surface area contributed by atoms with E-state index < -0.39 is 5.82 Å². The first-order valence-corrected chi connectivity index (χ1v) is 6.83. The van der Waals surface area contributed by atoms with Crippen LogP contribution in [0.1, 0.15) is 30.1 Å². The monoisotopic (exact) mass is 281 g/mol. The molecule has 0 aromatic heterocycles. The summed E-state index contributed by atoms with van der Waals surface area (Å²) in [6.45, 7) is 2.90. The molecule has 0 heterocycles. The van der Waals surface area contributed by atoms with E-state index in [1.807, 2.05) is 6.92 Å². The highest BCUT2D eigenvalue weighted by molar-refractivity contribution is 5.97. The van der Waals surface area contributed by atoms with Crippen molar-refractivity contribution < 1.29 is 19.0 Å². The van der Waals surface area contributed by atoms with Crippen LogP contribution in [0.4, 0.5) is 4.39 Å². The number of methoxy groups -OCH3 is 1. The molecule has 110 valence electrons. The fourth-order valence-electron chi connectivity index (χ4n) is 2.35. The second-order valence-electron chi connectivity index (χ2n) is 5.23. The predicted octanol–water partition coefficient (Wildman–Crippen LogP) is 2.42. The molecule has 0 bridgehead atoms. The number of halogens is 1. The van der Waals surface area contributed by atoms with Crippen LogP contribution in [0.5, 0.6) is 5.75 Å². The summed E-state index contributed by atoms with van der Waals surface area (Å²) in [5, 5.41) is 9.75. The molecule has 0 spiro atoms. The summed E-state index contributed by atoms with van der Waals surface area (Å²) in [7, 11) is 1.58. The average molecular weight is 281 g/mol. The van der Waals surface area contributed by atoms with Crippen LogP contribution in [0.25, 0.3) is 0 Å². The van der Waals surface area contributed by atoms with Crippen molar-refractivity contribution in [2.75, 3.05) is 20.3 Å². The Hall–Kier alpha value is -1.62. The number of hydrogen-bond donors (Lipinski definition) is 1. The molecule has 2 rings (SSSR count). The molecule has 1 amide bonds. The molecule has 0 radical (unpaired) electrons. The molecule has 1 aromatic rings. The number of amides is 1. The second kappa shape index (κ2) is 6.22. The van der Waals surface area contributed by atoms with Gasteiger partial charge in [-0.15, -0.1) is 0 Å². The Morgan fingerprint density at radius 1 is 1.55 bits per heavy atom. The van der Waals surface area contributed by atoms with Crippen LogP contribution >= 0.6 is 0 Å². The van der Waals surface area contributed by atoms with E-state index in [9.17, 15) is 14.3 Å². The standard InChI is InChI=1S/C15H20FNO3/c1-10(11-3-4-11)17(7-8-20-2)15(19)13-6-5-12(16)9-14(13)18/h5-6,9-11,18H,3-4,7-8H2,1-2H3. The number of carbonyl (C=O) groups excluding carboxylic acids is 1. The van der Waals surface area contributed by atoms with Gasteiger partial charge in [-0.2, -0.15) is 0 Å². The van der Waals surface area contributed by atoms with E-state index in [4.69, 9.17) is 4.74 Å². The number of phenolic OH excluding ortho intramolecular Hbond substituents is 1. The van der Waals surface area contributed by atoms with Crippen molar-refractivity contribution in [2.24, 2.45) is 5.92 Å². The Labute approximate surface area is 118 Å². The summed E-state index contributed by atoms with van der Waals surface area (Å²) in [6.07, 6.45) is 2.24. The van der Waals surface area contributed by atoms with E-state index >= 15 is 0 Å². The maximum absolute atomic E-state index is 13.0. The number of benzene rings is 1. The Morgan fingerprint density at radius 2 is 2.25 bits per heavy atom. The van der Waals surface area contributed by atoms with Crippen LogP contribution in [-0.2, 0) is 4.74 Å². The van der Waals surface area contributed by atoms with Gasteiger partial charge in [0.25, 0.3) is 5.91 Å². The van der Waals surface area contributed by atoms with Gasteiger partial charge in [0, 0.05) is 25.8 Å². The number of nitrogens with zero attached hydrogens (tertiary/aromatic N) is 1. The van der Waals surface area contributed by atoms with E-state index in [1.54, 1.807) is 12.0 Å². The Bertz CT molecular complexity index is 488. The number of phenols is 1. The molecule has 1 aliphatic carbocycles. The molecule has 0 aliphatic heterocycles. The Morgan fingerprint density at radius 3 is 2.80 bits per heavy atom. The van der Waals surface area contributed by atoms with E-state index in [0.717, 1.165) is 18.9 Å². The smallest absolute Gasteiger partial charge is 0.257 e. The molecule has 1 aliphatic rings. The quantitative estimate of drug-likeness (QED) is 0.871.